The van der Waals surface area contributed by atoms with Crippen LogP contribution in [0.3, 0.4) is 0 Å². The van der Waals surface area contributed by atoms with E-state index in [0.29, 0.717) is 17.3 Å². The predicted molar refractivity (Wildman–Crippen MR) is 98.6 cm³/mol. The smallest absolute Gasteiger partial charge is 0.291 e. The number of anilines is 2. The molecule has 0 aromatic carbocycles. The third-order valence-corrected chi connectivity index (χ3v) is 4.13. The van der Waals surface area contributed by atoms with Gasteiger partial charge >= 0.3 is 0 Å². The van der Waals surface area contributed by atoms with Gasteiger partial charge in [0.25, 0.3) is 5.56 Å². The highest BCUT2D eigenvalue weighted by atomic mass is 16.2. The Morgan fingerprint density at radius 2 is 2.04 bits per heavy atom. The maximum atomic E-state index is 12.8. The number of carbonyl (C=O) groups excluding carboxylic acids is 1. The second-order valence-corrected chi connectivity index (χ2v) is 6.13. The summed E-state index contributed by atoms with van der Waals surface area (Å²) in [5, 5.41) is 4.38. The molecule has 9 heteroatoms. The number of aryl methyl sites for hydroxylation is 1. The molecule has 0 saturated heterocycles. The summed E-state index contributed by atoms with van der Waals surface area (Å²) in [6.07, 6.45) is 5.63. The molecule has 0 fully saturated rings. The van der Waals surface area contributed by atoms with Crippen LogP contribution in [-0.2, 0) is 17.8 Å². The molecule has 3 heterocycles. The minimum atomic E-state index is -0.306. The zero-order valence-corrected chi connectivity index (χ0v) is 15.2. The maximum absolute atomic E-state index is 12.8. The summed E-state index contributed by atoms with van der Waals surface area (Å²) >= 11 is 0. The highest BCUT2D eigenvalue weighted by Crippen LogP contribution is 2.14. The first-order valence-electron chi connectivity index (χ1n) is 8.24. The summed E-state index contributed by atoms with van der Waals surface area (Å²) in [6.45, 7) is 1.85. The van der Waals surface area contributed by atoms with E-state index in [1.54, 1.807) is 28.6 Å². The Bertz CT molecular complexity index is 992. The fourth-order valence-corrected chi connectivity index (χ4v) is 2.63. The largest absolute Gasteiger partial charge is 0.347 e. The molecular weight excluding hydrogens is 334 g/mol. The molecule has 26 heavy (non-hydrogen) atoms. The number of carbonyl (C=O) groups is 1. The SMILES string of the molecule is CCc1cc2c(=O)n(CC(=O)N(C)c3ccncn3)nc(N(C)C)n2c1. The van der Waals surface area contributed by atoms with Crippen molar-refractivity contribution in [1.29, 1.82) is 0 Å². The third kappa shape index (κ3) is 3.15. The van der Waals surface area contributed by atoms with Gasteiger partial charge in [-0.3, -0.25) is 18.9 Å². The number of amides is 1. The topological polar surface area (TPSA) is 88.6 Å². The fraction of sp³-hybridized carbons (Fsp3) is 0.353. The fourth-order valence-electron chi connectivity index (χ4n) is 2.63. The number of fused-ring (bicyclic) bond motifs is 1. The first kappa shape index (κ1) is 17.6. The van der Waals surface area contributed by atoms with Crippen molar-refractivity contribution in [1.82, 2.24) is 24.1 Å². The Kier molecular flexibility index (Phi) is 4.70. The van der Waals surface area contributed by atoms with Crippen LogP contribution in [-0.4, -0.2) is 51.2 Å². The summed E-state index contributed by atoms with van der Waals surface area (Å²) in [5.41, 5.74) is 1.23. The molecule has 1 amide bonds. The van der Waals surface area contributed by atoms with Gasteiger partial charge in [0.2, 0.25) is 11.9 Å². The molecule has 0 aliphatic carbocycles. The van der Waals surface area contributed by atoms with Crippen LogP contribution in [0.5, 0.6) is 0 Å². The number of nitrogens with zero attached hydrogens (tertiary/aromatic N) is 7. The van der Waals surface area contributed by atoms with Gasteiger partial charge in [0.05, 0.1) is 0 Å². The highest BCUT2D eigenvalue weighted by Gasteiger charge is 2.18. The van der Waals surface area contributed by atoms with Crippen molar-refractivity contribution in [3.05, 3.63) is 46.8 Å². The number of aromatic nitrogens is 5. The van der Waals surface area contributed by atoms with E-state index in [4.69, 9.17) is 0 Å². The summed E-state index contributed by atoms with van der Waals surface area (Å²) in [5.74, 6) is 0.745. The minimum Gasteiger partial charge on any atom is -0.347 e. The van der Waals surface area contributed by atoms with E-state index < -0.39 is 0 Å². The minimum absolute atomic E-state index is 0.177. The van der Waals surface area contributed by atoms with Gasteiger partial charge in [-0.15, -0.1) is 5.10 Å². The van der Waals surface area contributed by atoms with Gasteiger partial charge in [0.15, 0.2) is 0 Å². The second-order valence-electron chi connectivity index (χ2n) is 6.13. The van der Waals surface area contributed by atoms with Crippen LogP contribution in [0.25, 0.3) is 5.52 Å². The quantitative estimate of drug-likeness (QED) is 0.665. The van der Waals surface area contributed by atoms with E-state index in [2.05, 4.69) is 15.1 Å². The van der Waals surface area contributed by atoms with Gasteiger partial charge in [-0.05, 0) is 24.1 Å². The molecule has 3 rings (SSSR count). The molecule has 0 unspecified atom stereocenters. The average Bonchev–Trinajstić information content (AvgIpc) is 3.08. The Morgan fingerprint density at radius 3 is 2.65 bits per heavy atom. The van der Waals surface area contributed by atoms with Crippen LogP contribution in [0, 0.1) is 0 Å². The molecule has 0 saturated carbocycles. The van der Waals surface area contributed by atoms with E-state index >= 15 is 0 Å². The molecule has 0 radical (unpaired) electrons. The first-order valence-corrected chi connectivity index (χ1v) is 8.24. The van der Waals surface area contributed by atoms with Crippen molar-refractivity contribution in [3.63, 3.8) is 0 Å². The second kappa shape index (κ2) is 6.95. The Morgan fingerprint density at radius 1 is 1.27 bits per heavy atom. The Hall–Kier alpha value is -3.23. The van der Waals surface area contributed by atoms with E-state index in [9.17, 15) is 9.59 Å². The summed E-state index contributed by atoms with van der Waals surface area (Å²) < 4.78 is 2.96. The Labute approximate surface area is 150 Å². The predicted octanol–water partition coefficient (Wildman–Crippen LogP) is 0.577. The Balaban J connectivity index is 2.01. The lowest BCUT2D eigenvalue weighted by Gasteiger charge is -2.18. The third-order valence-electron chi connectivity index (χ3n) is 4.13. The molecule has 0 aliphatic heterocycles. The van der Waals surface area contributed by atoms with Crippen LogP contribution < -0.4 is 15.4 Å². The molecule has 0 spiro atoms. The molecule has 0 aliphatic rings. The van der Waals surface area contributed by atoms with E-state index in [1.807, 2.05) is 33.3 Å². The lowest BCUT2D eigenvalue weighted by molar-refractivity contribution is -0.119. The zero-order chi connectivity index (χ0) is 18.8. The summed E-state index contributed by atoms with van der Waals surface area (Å²) in [6, 6.07) is 3.47. The molecule has 0 bridgehead atoms. The van der Waals surface area contributed by atoms with Gasteiger partial charge < -0.3 is 4.90 Å². The van der Waals surface area contributed by atoms with Crippen molar-refractivity contribution in [2.45, 2.75) is 19.9 Å². The van der Waals surface area contributed by atoms with Gasteiger partial charge in [-0.2, -0.15) is 0 Å². The number of likely N-dealkylation sites (N-methyl/N-ethyl adjacent to an activating group) is 1. The summed E-state index contributed by atoms with van der Waals surface area (Å²) in [7, 11) is 5.29. The average molecular weight is 355 g/mol. The molecule has 9 nitrogen and oxygen atoms in total. The van der Waals surface area contributed by atoms with E-state index in [0.717, 1.165) is 12.0 Å². The molecule has 3 aromatic rings. The van der Waals surface area contributed by atoms with Crippen LogP contribution in [0.4, 0.5) is 11.8 Å². The first-order chi connectivity index (χ1) is 12.4. The van der Waals surface area contributed by atoms with Crippen LogP contribution in [0.2, 0.25) is 0 Å². The number of rotatable bonds is 5. The summed E-state index contributed by atoms with van der Waals surface area (Å²) in [4.78, 5) is 36.5. The van der Waals surface area contributed by atoms with Gasteiger partial charge in [-0.1, -0.05) is 6.92 Å². The number of hydrogen-bond acceptors (Lipinski definition) is 6. The standard InChI is InChI=1S/C17H21N7O2/c1-5-12-8-13-16(26)24(20-17(21(2)3)23(13)9-12)10-15(25)22(4)14-6-7-18-11-19-14/h6-9,11H,5,10H2,1-4H3. The van der Waals surface area contributed by atoms with Crippen molar-refractivity contribution < 1.29 is 4.79 Å². The van der Waals surface area contributed by atoms with Crippen molar-refractivity contribution in [2.24, 2.45) is 0 Å². The molecule has 3 aromatic heterocycles. The van der Waals surface area contributed by atoms with Gasteiger partial charge in [0.1, 0.15) is 24.2 Å². The van der Waals surface area contributed by atoms with Crippen molar-refractivity contribution in [3.8, 4) is 0 Å². The molecule has 0 N–H and O–H groups in total. The highest BCUT2D eigenvalue weighted by molar-refractivity contribution is 5.91. The number of hydrogen-bond donors (Lipinski definition) is 0. The van der Waals surface area contributed by atoms with Crippen molar-refractivity contribution >= 4 is 23.2 Å². The van der Waals surface area contributed by atoms with E-state index in [-0.39, 0.29) is 18.0 Å². The lowest BCUT2D eigenvalue weighted by atomic mass is 10.3. The van der Waals surface area contributed by atoms with Crippen LogP contribution in [0.15, 0.2) is 35.6 Å². The normalized spacial score (nSPS) is 10.9. The van der Waals surface area contributed by atoms with Crippen molar-refractivity contribution in [2.75, 3.05) is 30.9 Å². The molecular formula is C17H21N7O2. The van der Waals surface area contributed by atoms with Gasteiger partial charge in [0, 0.05) is 33.5 Å². The molecule has 0 atom stereocenters. The monoisotopic (exact) mass is 355 g/mol. The van der Waals surface area contributed by atoms with Gasteiger partial charge in [-0.25, -0.2) is 14.6 Å². The van der Waals surface area contributed by atoms with Crippen LogP contribution >= 0.6 is 0 Å². The maximum Gasteiger partial charge on any atom is 0.291 e. The van der Waals surface area contributed by atoms with E-state index in [1.165, 1.54) is 15.9 Å². The van der Waals surface area contributed by atoms with Crippen LogP contribution in [0.1, 0.15) is 12.5 Å². The lowest BCUT2D eigenvalue weighted by Crippen LogP contribution is -2.37. The zero-order valence-electron chi connectivity index (χ0n) is 15.2. The molecule has 136 valence electrons.